The number of aromatic nitrogens is 2. The highest BCUT2D eigenvalue weighted by Gasteiger charge is 2.29. The average Bonchev–Trinajstić information content (AvgIpc) is 3.27. The van der Waals surface area contributed by atoms with E-state index in [-0.39, 0.29) is 24.4 Å². The monoisotopic (exact) mass is 487 g/mol. The van der Waals surface area contributed by atoms with E-state index >= 15 is 0 Å². The zero-order valence-corrected chi connectivity index (χ0v) is 19.8. The van der Waals surface area contributed by atoms with Crippen LogP contribution in [0.25, 0.3) is 17.3 Å². The van der Waals surface area contributed by atoms with E-state index in [1.54, 1.807) is 28.9 Å². The molecule has 0 aliphatic carbocycles. The van der Waals surface area contributed by atoms with Gasteiger partial charge in [-0.15, -0.1) is 0 Å². The molecule has 7 heteroatoms. The third-order valence-electron chi connectivity index (χ3n) is 5.94. The Balaban J connectivity index is 1.58. The fraction of sp³-hybridized carbons (Fsp3) is 0.143. The summed E-state index contributed by atoms with van der Waals surface area (Å²) in [5, 5.41) is 8.39. The number of rotatable bonds is 5. The Bertz CT molecular complexity index is 1380. The number of hydrogen-bond acceptors (Lipinski definition) is 3. The number of carbonyl (C=O) groups excluding carboxylic acids is 1. The van der Waals surface area contributed by atoms with Crippen LogP contribution in [-0.4, -0.2) is 22.3 Å². The van der Waals surface area contributed by atoms with Crippen LogP contribution in [0.1, 0.15) is 45.8 Å². The third kappa shape index (κ3) is 4.90. The quantitative estimate of drug-likeness (QED) is 0.363. The lowest BCUT2D eigenvalue weighted by atomic mass is 10.0. The van der Waals surface area contributed by atoms with Crippen LogP contribution in [0.4, 0.5) is 4.39 Å². The molecule has 176 valence electrons. The van der Waals surface area contributed by atoms with Crippen molar-refractivity contribution in [3.63, 3.8) is 0 Å². The van der Waals surface area contributed by atoms with Gasteiger partial charge in [0, 0.05) is 16.2 Å². The Kier molecular flexibility index (Phi) is 6.49. The first-order valence-corrected chi connectivity index (χ1v) is 11.7. The molecule has 0 saturated carbocycles. The Morgan fingerprint density at radius 1 is 1.06 bits per heavy atom. The number of carbonyl (C=O) groups is 1. The summed E-state index contributed by atoms with van der Waals surface area (Å²) < 4.78 is 21.0. The molecular formula is C28H23ClFN3O2. The highest BCUT2D eigenvalue weighted by atomic mass is 35.5. The van der Waals surface area contributed by atoms with Gasteiger partial charge in [-0.1, -0.05) is 54.1 Å². The Morgan fingerprint density at radius 3 is 2.49 bits per heavy atom. The number of nitrogens with one attached hydrogen (secondary N) is 1. The molecule has 1 aliphatic heterocycles. The zero-order valence-electron chi connectivity index (χ0n) is 19.0. The number of hydrogen-bond donors (Lipinski definition) is 1. The van der Waals surface area contributed by atoms with Gasteiger partial charge in [0.05, 0.1) is 30.6 Å². The molecule has 5 nitrogen and oxygen atoms in total. The van der Waals surface area contributed by atoms with E-state index in [1.165, 1.54) is 12.1 Å². The predicted octanol–water partition coefficient (Wildman–Crippen LogP) is 6.23. The summed E-state index contributed by atoms with van der Waals surface area (Å²) in [6.07, 6.45) is 1.93. The summed E-state index contributed by atoms with van der Waals surface area (Å²) in [4.78, 5) is 13.4. The molecule has 35 heavy (non-hydrogen) atoms. The van der Waals surface area contributed by atoms with Crippen LogP contribution in [0.2, 0.25) is 5.02 Å². The molecule has 1 N–H and O–H groups in total. The fourth-order valence-corrected chi connectivity index (χ4v) is 4.29. The topological polar surface area (TPSA) is 56.2 Å². The standard InChI is InChI=1S/C28H23ClFN3O2/c1-18(20-5-3-2-4-6-20)31-28(34)26-25-17-35-16-21(15-19-7-11-23(30)12-8-19)27(25)33(32-26)24-13-9-22(29)10-14-24/h2-15,18H,16-17H2,1H3,(H,31,34)/b21-15+/t18-/m1/s1. The average molecular weight is 488 g/mol. The molecule has 1 amide bonds. The summed E-state index contributed by atoms with van der Waals surface area (Å²) in [7, 11) is 0. The first-order valence-electron chi connectivity index (χ1n) is 11.3. The normalized spacial score (nSPS) is 15.0. The van der Waals surface area contributed by atoms with Crippen molar-refractivity contribution in [1.29, 1.82) is 0 Å². The predicted molar refractivity (Wildman–Crippen MR) is 135 cm³/mol. The Morgan fingerprint density at radius 2 is 1.77 bits per heavy atom. The van der Waals surface area contributed by atoms with Gasteiger partial charge in [-0.25, -0.2) is 9.07 Å². The van der Waals surface area contributed by atoms with Crippen LogP contribution in [-0.2, 0) is 11.3 Å². The van der Waals surface area contributed by atoms with Gasteiger partial charge < -0.3 is 10.1 Å². The minimum Gasteiger partial charge on any atom is -0.372 e. The fourth-order valence-electron chi connectivity index (χ4n) is 4.16. The number of fused-ring (bicyclic) bond motifs is 1. The summed E-state index contributed by atoms with van der Waals surface area (Å²) in [6.45, 7) is 2.53. The molecule has 0 radical (unpaired) electrons. The maximum atomic E-state index is 13.4. The number of halogens is 2. The van der Waals surface area contributed by atoms with E-state index in [2.05, 4.69) is 5.32 Å². The molecule has 1 aromatic heterocycles. The van der Waals surface area contributed by atoms with Crippen molar-refractivity contribution in [2.75, 3.05) is 6.61 Å². The zero-order chi connectivity index (χ0) is 24.4. The number of benzene rings is 3. The molecule has 0 unspecified atom stereocenters. The first kappa shape index (κ1) is 23.0. The summed E-state index contributed by atoms with van der Waals surface area (Å²) >= 11 is 6.11. The lowest BCUT2D eigenvalue weighted by Gasteiger charge is -2.19. The molecule has 3 aromatic carbocycles. The summed E-state index contributed by atoms with van der Waals surface area (Å²) in [5.41, 5.74) is 5.24. The van der Waals surface area contributed by atoms with Crippen molar-refractivity contribution in [2.24, 2.45) is 0 Å². The van der Waals surface area contributed by atoms with Crippen LogP contribution in [0.3, 0.4) is 0 Å². The highest BCUT2D eigenvalue weighted by Crippen LogP contribution is 2.33. The molecule has 1 atom stereocenters. The maximum absolute atomic E-state index is 13.4. The van der Waals surface area contributed by atoms with Crippen LogP contribution >= 0.6 is 11.6 Å². The van der Waals surface area contributed by atoms with Crippen molar-refractivity contribution < 1.29 is 13.9 Å². The van der Waals surface area contributed by atoms with E-state index in [4.69, 9.17) is 21.4 Å². The van der Waals surface area contributed by atoms with Gasteiger partial charge in [-0.05, 0) is 60.5 Å². The molecular weight excluding hydrogens is 465 g/mol. The molecule has 2 heterocycles. The SMILES string of the molecule is C[C@@H](NC(=O)c1nn(-c2ccc(Cl)cc2)c2c1COC/C2=C\c1ccc(F)cc1)c1ccccc1. The van der Waals surface area contributed by atoms with E-state index in [0.717, 1.165) is 28.1 Å². The second kappa shape index (κ2) is 9.86. The van der Waals surface area contributed by atoms with Gasteiger partial charge >= 0.3 is 0 Å². The van der Waals surface area contributed by atoms with E-state index in [1.807, 2.05) is 55.5 Å². The Hall–Kier alpha value is -3.74. The van der Waals surface area contributed by atoms with Crippen molar-refractivity contribution >= 4 is 29.2 Å². The van der Waals surface area contributed by atoms with Gasteiger partial charge in [0.25, 0.3) is 5.91 Å². The van der Waals surface area contributed by atoms with E-state index < -0.39 is 0 Å². The van der Waals surface area contributed by atoms with Crippen molar-refractivity contribution in [2.45, 2.75) is 19.6 Å². The Labute approximate surface area is 207 Å². The van der Waals surface area contributed by atoms with Crippen LogP contribution < -0.4 is 5.32 Å². The lowest BCUT2D eigenvalue weighted by Crippen LogP contribution is -2.28. The number of ether oxygens (including phenoxy) is 1. The number of amides is 1. The first-order chi connectivity index (χ1) is 17.0. The number of nitrogens with zero attached hydrogens (tertiary/aromatic N) is 2. The van der Waals surface area contributed by atoms with Gasteiger partial charge in [-0.2, -0.15) is 5.10 Å². The second-order valence-corrected chi connectivity index (χ2v) is 8.82. The molecule has 5 rings (SSSR count). The van der Waals surface area contributed by atoms with Crippen LogP contribution in [0, 0.1) is 5.82 Å². The maximum Gasteiger partial charge on any atom is 0.272 e. The van der Waals surface area contributed by atoms with Gasteiger partial charge in [0.1, 0.15) is 5.82 Å². The molecule has 0 spiro atoms. The van der Waals surface area contributed by atoms with Crippen LogP contribution in [0.5, 0.6) is 0 Å². The van der Waals surface area contributed by atoms with Gasteiger partial charge in [0.15, 0.2) is 5.69 Å². The van der Waals surface area contributed by atoms with E-state index in [9.17, 15) is 9.18 Å². The van der Waals surface area contributed by atoms with Crippen molar-refractivity contribution in [3.8, 4) is 5.69 Å². The second-order valence-electron chi connectivity index (χ2n) is 8.38. The third-order valence-corrected chi connectivity index (χ3v) is 6.19. The molecule has 0 bridgehead atoms. The largest absolute Gasteiger partial charge is 0.372 e. The van der Waals surface area contributed by atoms with Gasteiger partial charge in [-0.3, -0.25) is 4.79 Å². The summed E-state index contributed by atoms with van der Waals surface area (Å²) in [5.74, 6) is -0.581. The lowest BCUT2D eigenvalue weighted by molar-refractivity contribution is 0.0926. The molecule has 0 saturated heterocycles. The highest BCUT2D eigenvalue weighted by molar-refractivity contribution is 6.30. The van der Waals surface area contributed by atoms with Crippen molar-refractivity contribution in [1.82, 2.24) is 15.1 Å². The minimum atomic E-state index is -0.301. The minimum absolute atomic E-state index is 0.196. The van der Waals surface area contributed by atoms with Crippen LogP contribution in [0.15, 0.2) is 78.9 Å². The molecule has 4 aromatic rings. The summed E-state index contributed by atoms with van der Waals surface area (Å²) in [6, 6.07) is 23.1. The molecule has 0 fully saturated rings. The smallest absolute Gasteiger partial charge is 0.272 e. The molecule has 1 aliphatic rings. The van der Waals surface area contributed by atoms with Crippen molar-refractivity contribution in [3.05, 3.63) is 118 Å². The van der Waals surface area contributed by atoms with Gasteiger partial charge in [0.2, 0.25) is 0 Å². The van der Waals surface area contributed by atoms with E-state index in [0.29, 0.717) is 22.9 Å².